The third-order valence-electron chi connectivity index (χ3n) is 2.41. The SMILES string of the molecule is O=C(O)C1OCCOC1c1ccccc1F. The van der Waals surface area contributed by atoms with Gasteiger partial charge in [-0.2, -0.15) is 0 Å². The Hall–Kier alpha value is -1.46. The maximum atomic E-state index is 13.5. The number of carboxylic acids is 1. The minimum absolute atomic E-state index is 0.210. The zero-order chi connectivity index (χ0) is 11.5. The lowest BCUT2D eigenvalue weighted by Crippen LogP contribution is -2.38. The number of hydrogen-bond donors (Lipinski definition) is 1. The largest absolute Gasteiger partial charge is 0.479 e. The third kappa shape index (κ3) is 2.05. The molecule has 1 fully saturated rings. The molecule has 1 aromatic rings. The number of carboxylic acid groups (broad SMARTS) is 1. The van der Waals surface area contributed by atoms with Crippen molar-refractivity contribution < 1.29 is 23.8 Å². The molecule has 0 aromatic heterocycles. The lowest BCUT2D eigenvalue weighted by atomic mass is 10.0. The average molecular weight is 226 g/mol. The molecule has 16 heavy (non-hydrogen) atoms. The van der Waals surface area contributed by atoms with Gasteiger partial charge in [-0.25, -0.2) is 9.18 Å². The van der Waals surface area contributed by atoms with E-state index in [1.807, 2.05) is 0 Å². The van der Waals surface area contributed by atoms with E-state index in [2.05, 4.69) is 0 Å². The van der Waals surface area contributed by atoms with Crippen LogP contribution >= 0.6 is 0 Å². The highest BCUT2D eigenvalue weighted by Crippen LogP contribution is 2.28. The van der Waals surface area contributed by atoms with E-state index in [-0.39, 0.29) is 18.8 Å². The fourth-order valence-electron chi connectivity index (χ4n) is 1.68. The summed E-state index contributed by atoms with van der Waals surface area (Å²) in [5.74, 6) is -1.63. The van der Waals surface area contributed by atoms with Crippen LogP contribution in [0.4, 0.5) is 4.39 Å². The Balaban J connectivity index is 2.30. The topological polar surface area (TPSA) is 55.8 Å². The van der Waals surface area contributed by atoms with Crippen LogP contribution in [-0.4, -0.2) is 30.4 Å². The minimum atomic E-state index is -1.15. The van der Waals surface area contributed by atoms with Crippen LogP contribution in [0.2, 0.25) is 0 Å². The first kappa shape index (κ1) is 11.0. The fraction of sp³-hybridized carbons (Fsp3) is 0.364. The molecular formula is C11H11FO4. The molecule has 1 aliphatic rings. The van der Waals surface area contributed by atoms with E-state index in [1.54, 1.807) is 6.07 Å². The molecule has 0 radical (unpaired) electrons. The molecule has 86 valence electrons. The van der Waals surface area contributed by atoms with Crippen molar-refractivity contribution in [1.29, 1.82) is 0 Å². The number of ether oxygens (including phenoxy) is 2. The first-order chi connectivity index (χ1) is 7.70. The Morgan fingerprint density at radius 3 is 2.69 bits per heavy atom. The van der Waals surface area contributed by atoms with E-state index in [4.69, 9.17) is 14.6 Å². The predicted molar refractivity (Wildman–Crippen MR) is 52.5 cm³/mol. The smallest absolute Gasteiger partial charge is 0.335 e. The van der Waals surface area contributed by atoms with Crippen molar-refractivity contribution in [3.8, 4) is 0 Å². The van der Waals surface area contributed by atoms with E-state index < -0.39 is 24.0 Å². The van der Waals surface area contributed by atoms with Gasteiger partial charge in [0.2, 0.25) is 0 Å². The Kier molecular flexibility index (Phi) is 3.17. The van der Waals surface area contributed by atoms with Crippen molar-refractivity contribution in [3.05, 3.63) is 35.6 Å². The van der Waals surface area contributed by atoms with Crippen molar-refractivity contribution in [2.45, 2.75) is 12.2 Å². The van der Waals surface area contributed by atoms with Crippen LogP contribution in [0.15, 0.2) is 24.3 Å². The summed E-state index contributed by atoms with van der Waals surface area (Å²) in [5, 5.41) is 8.93. The van der Waals surface area contributed by atoms with Crippen molar-refractivity contribution in [2.24, 2.45) is 0 Å². The molecule has 0 aliphatic carbocycles. The quantitative estimate of drug-likeness (QED) is 0.827. The molecule has 1 aromatic carbocycles. The minimum Gasteiger partial charge on any atom is -0.479 e. The summed E-state index contributed by atoms with van der Waals surface area (Å²) in [6.07, 6.45) is -2.03. The number of hydrogen-bond acceptors (Lipinski definition) is 3. The molecular weight excluding hydrogens is 215 g/mol. The highest BCUT2D eigenvalue weighted by molar-refractivity contribution is 5.73. The number of rotatable bonds is 2. The first-order valence-electron chi connectivity index (χ1n) is 4.90. The van der Waals surface area contributed by atoms with Gasteiger partial charge in [0.05, 0.1) is 13.2 Å². The molecule has 0 bridgehead atoms. The molecule has 0 saturated carbocycles. The van der Waals surface area contributed by atoms with E-state index in [9.17, 15) is 9.18 Å². The van der Waals surface area contributed by atoms with Crippen LogP contribution in [0.1, 0.15) is 11.7 Å². The molecule has 1 heterocycles. The molecule has 0 amide bonds. The zero-order valence-corrected chi connectivity index (χ0v) is 8.43. The first-order valence-corrected chi connectivity index (χ1v) is 4.90. The maximum Gasteiger partial charge on any atom is 0.335 e. The number of carbonyl (C=O) groups is 1. The third-order valence-corrected chi connectivity index (χ3v) is 2.41. The van der Waals surface area contributed by atoms with Gasteiger partial charge in [-0.3, -0.25) is 0 Å². The van der Waals surface area contributed by atoms with Gasteiger partial charge in [0.25, 0.3) is 0 Å². The molecule has 2 rings (SSSR count). The highest BCUT2D eigenvalue weighted by Gasteiger charge is 2.35. The molecule has 2 atom stereocenters. The zero-order valence-electron chi connectivity index (χ0n) is 8.43. The molecule has 1 N–H and O–H groups in total. The van der Waals surface area contributed by atoms with Crippen LogP contribution in [0.3, 0.4) is 0 Å². The summed E-state index contributed by atoms with van der Waals surface area (Å²) in [5.41, 5.74) is 0.217. The van der Waals surface area contributed by atoms with Crippen LogP contribution in [-0.2, 0) is 14.3 Å². The molecule has 5 heteroatoms. The highest BCUT2D eigenvalue weighted by atomic mass is 19.1. The Labute approximate surface area is 91.6 Å². The summed E-state index contributed by atoms with van der Waals surface area (Å²) in [7, 11) is 0. The number of benzene rings is 1. The van der Waals surface area contributed by atoms with Gasteiger partial charge >= 0.3 is 5.97 Å². The lowest BCUT2D eigenvalue weighted by molar-refractivity contribution is -0.181. The summed E-state index contributed by atoms with van der Waals surface area (Å²) in [4.78, 5) is 10.9. The van der Waals surface area contributed by atoms with Gasteiger partial charge in [-0.1, -0.05) is 18.2 Å². The van der Waals surface area contributed by atoms with Crippen molar-refractivity contribution >= 4 is 5.97 Å². The van der Waals surface area contributed by atoms with E-state index in [1.165, 1.54) is 18.2 Å². The molecule has 0 spiro atoms. The average Bonchev–Trinajstić information content (AvgIpc) is 2.29. The monoisotopic (exact) mass is 226 g/mol. The van der Waals surface area contributed by atoms with Crippen molar-refractivity contribution in [2.75, 3.05) is 13.2 Å². The standard InChI is InChI=1S/C11H11FO4/c12-8-4-2-1-3-7(8)9-10(11(13)14)16-6-5-15-9/h1-4,9-10H,5-6H2,(H,13,14). The second-order valence-electron chi connectivity index (χ2n) is 3.44. The van der Waals surface area contributed by atoms with Crippen LogP contribution in [0.25, 0.3) is 0 Å². The molecule has 2 unspecified atom stereocenters. The van der Waals surface area contributed by atoms with E-state index in [0.29, 0.717) is 0 Å². The van der Waals surface area contributed by atoms with Crippen molar-refractivity contribution in [3.63, 3.8) is 0 Å². The molecule has 1 aliphatic heterocycles. The Bertz CT molecular complexity index is 393. The van der Waals surface area contributed by atoms with Gasteiger partial charge in [-0.05, 0) is 6.07 Å². The summed E-state index contributed by atoms with van der Waals surface area (Å²) < 4.78 is 23.8. The van der Waals surface area contributed by atoms with E-state index >= 15 is 0 Å². The Morgan fingerprint density at radius 1 is 1.31 bits per heavy atom. The summed E-state index contributed by atoms with van der Waals surface area (Å²) in [6.45, 7) is 0.477. The number of aliphatic carboxylic acids is 1. The second kappa shape index (κ2) is 4.59. The van der Waals surface area contributed by atoms with E-state index in [0.717, 1.165) is 0 Å². The normalized spacial score (nSPS) is 25.3. The van der Waals surface area contributed by atoms with Gasteiger partial charge < -0.3 is 14.6 Å². The van der Waals surface area contributed by atoms with Crippen molar-refractivity contribution in [1.82, 2.24) is 0 Å². The molecule has 1 saturated heterocycles. The van der Waals surface area contributed by atoms with Crippen LogP contribution in [0.5, 0.6) is 0 Å². The maximum absolute atomic E-state index is 13.5. The van der Waals surface area contributed by atoms with Gasteiger partial charge in [-0.15, -0.1) is 0 Å². The van der Waals surface area contributed by atoms with Crippen LogP contribution < -0.4 is 0 Å². The fourth-order valence-corrected chi connectivity index (χ4v) is 1.68. The van der Waals surface area contributed by atoms with Gasteiger partial charge in [0.1, 0.15) is 11.9 Å². The van der Waals surface area contributed by atoms with Crippen LogP contribution in [0, 0.1) is 5.82 Å². The molecule has 4 nitrogen and oxygen atoms in total. The second-order valence-corrected chi connectivity index (χ2v) is 3.44. The van der Waals surface area contributed by atoms with Gasteiger partial charge in [0.15, 0.2) is 6.10 Å². The van der Waals surface area contributed by atoms with Gasteiger partial charge in [0, 0.05) is 5.56 Å². The lowest BCUT2D eigenvalue weighted by Gasteiger charge is -2.29. The summed E-state index contributed by atoms with van der Waals surface area (Å²) >= 11 is 0. The predicted octanol–water partition coefficient (Wildman–Crippen LogP) is 1.37. The Morgan fingerprint density at radius 2 is 2.00 bits per heavy atom. The summed E-state index contributed by atoms with van der Waals surface area (Å²) in [6, 6.07) is 5.95. The number of halogens is 1.